The molecule has 2 rings (SSSR count). The second-order valence-corrected chi connectivity index (χ2v) is 6.17. The molecule has 1 atom stereocenters. The molecule has 0 aliphatic carbocycles. The minimum atomic E-state index is 0.497. The Morgan fingerprint density at radius 3 is 2.57 bits per heavy atom. The van der Waals surface area contributed by atoms with Crippen LogP contribution in [-0.4, -0.2) is 39.4 Å². The van der Waals surface area contributed by atoms with Crippen molar-refractivity contribution in [3.8, 4) is 11.5 Å². The van der Waals surface area contributed by atoms with Gasteiger partial charge >= 0.3 is 0 Å². The van der Waals surface area contributed by atoms with E-state index in [4.69, 9.17) is 21.1 Å². The van der Waals surface area contributed by atoms with Crippen molar-refractivity contribution in [3.63, 3.8) is 0 Å². The summed E-state index contributed by atoms with van der Waals surface area (Å²) >= 11 is 6.18. The van der Waals surface area contributed by atoms with E-state index in [1.807, 2.05) is 12.1 Å². The highest BCUT2D eigenvalue weighted by Gasteiger charge is 2.23. The summed E-state index contributed by atoms with van der Waals surface area (Å²) in [7, 11) is 3.31. The number of halogens is 1. The molecule has 0 bridgehead atoms. The van der Waals surface area contributed by atoms with E-state index in [1.165, 1.54) is 12.8 Å². The first-order valence-electron chi connectivity index (χ1n) is 7.47. The van der Waals surface area contributed by atoms with Gasteiger partial charge in [0.1, 0.15) is 11.5 Å². The third kappa shape index (κ3) is 3.95. The second-order valence-electron chi connectivity index (χ2n) is 5.77. The van der Waals surface area contributed by atoms with Crippen LogP contribution in [-0.2, 0) is 0 Å². The quantitative estimate of drug-likeness (QED) is 0.904. The van der Waals surface area contributed by atoms with Crippen molar-refractivity contribution >= 4 is 17.3 Å². The summed E-state index contributed by atoms with van der Waals surface area (Å²) in [5, 5.41) is 4.19. The van der Waals surface area contributed by atoms with Crippen LogP contribution in [0.2, 0.25) is 5.02 Å². The topological polar surface area (TPSA) is 33.7 Å². The van der Waals surface area contributed by atoms with Gasteiger partial charge in [0.05, 0.1) is 24.9 Å². The molecule has 5 heteroatoms. The summed E-state index contributed by atoms with van der Waals surface area (Å²) in [6.07, 6.45) is 2.38. The van der Waals surface area contributed by atoms with Crippen LogP contribution in [0.25, 0.3) is 0 Å². The van der Waals surface area contributed by atoms with Crippen molar-refractivity contribution in [2.45, 2.75) is 38.8 Å². The number of hydrogen-bond acceptors (Lipinski definition) is 4. The molecular formula is C16H25ClN2O2. The van der Waals surface area contributed by atoms with Crippen molar-refractivity contribution in [3.05, 3.63) is 17.2 Å². The molecule has 0 radical (unpaired) electrons. The van der Waals surface area contributed by atoms with Gasteiger partial charge in [0.15, 0.2) is 0 Å². The number of nitrogens with one attached hydrogen (secondary N) is 1. The van der Waals surface area contributed by atoms with E-state index in [2.05, 4.69) is 24.1 Å². The van der Waals surface area contributed by atoms with E-state index in [9.17, 15) is 0 Å². The van der Waals surface area contributed by atoms with Crippen LogP contribution in [0.3, 0.4) is 0 Å². The molecule has 1 N–H and O–H groups in total. The molecule has 21 heavy (non-hydrogen) atoms. The Morgan fingerprint density at radius 2 is 1.95 bits per heavy atom. The Hall–Kier alpha value is -1.13. The summed E-state index contributed by atoms with van der Waals surface area (Å²) in [6, 6.07) is 4.80. The monoisotopic (exact) mass is 312 g/mol. The average Bonchev–Trinajstić information content (AvgIpc) is 2.46. The third-order valence-electron chi connectivity index (χ3n) is 3.78. The Balaban J connectivity index is 2.23. The third-order valence-corrected chi connectivity index (χ3v) is 4.08. The molecule has 1 aromatic rings. The van der Waals surface area contributed by atoms with Gasteiger partial charge in [0, 0.05) is 37.3 Å². The van der Waals surface area contributed by atoms with Gasteiger partial charge in [0.2, 0.25) is 0 Å². The zero-order valence-corrected chi connectivity index (χ0v) is 14.0. The number of hydrogen-bond donors (Lipinski definition) is 1. The van der Waals surface area contributed by atoms with Crippen molar-refractivity contribution in [2.24, 2.45) is 0 Å². The van der Waals surface area contributed by atoms with Crippen LogP contribution in [0.1, 0.15) is 26.7 Å². The fourth-order valence-corrected chi connectivity index (χ4v) is 3.13. The van der Waals surface area contributed by atoms with Crippen molar-refractivity contribution in [1.29, 1.82) is 0 Å². The largest absolute Gasteiger partial charge is 0.495 e. The second kappa shape index (κ2) is 7.23. The normalized spacial score (nSPS) is 19.0. The lowest BCUT2D eigenvalue weighted by atomic mass is 10.0. The Morgan fingerprint density at radius 1 is 1.24 bits per heavy atom. The highest BCUT2D eigenvalue weighted by Crippen LogP contribution is 2.38. The number of anilines is 1. The maximum atomic E-state index is 6.18. The van der Waals surface area contributed by atoms with Gasteiger partial charge in [-0.2, -0.15) is 0 Å². The summed E-state index contributed by atoms with van der Waals surface area (Å²) < 4.78 is 10.8. The molecule has 0 spiro atoms. The summed E-state index contributed by atoms with van der Waals surface area (Å²) in [6.45, 7) is 6.37. The maximum Gasteiger partial charge on any atom is 0.143 e. The van der Waals surface area contributed by atoms with Gasteiger partial charge in [-0.3, -0.25) is 0 Å². The van der Waals surface area contributed by atoms with Crippen molar-refractivity contribution in [1.82, 2.24) is 5.32 Å². The molecule has 1 aromatic carbocycles. The number of methoxy groups -OCH3 is 2. The van der Waals surface area contributed by atoms with E-state index in [-0.39, 0.29) is 0 Å². The molecular weight excluding hydrogens is 288 g/mol. The van der Waals surface area contributed by atoms with E-state index in [0.717, 1.165) is 24.5 Å². The van der Waals surface area contributed by atoms with Crippen LogP contribution in [0, 0.1) is 0 Å². The average molecular weight is 313 g/mol. The summed E-state index contributed by atoms with van der Waals surface area (Å²) in [5.41, 5.74) is 1.05. The van der Waals surface area contributed by atoms with Gasteiger partial charge < -0.3 is 19.7 Å². The predicted octanol–water partition coefficient (Wildman–Crippen LogP) is 3.32. The fourth-order valence-electron chi connectivity index (χ4n) is 2.89. The van der Waals surface area contributed by atoms with Crippen LogP contribution in [0.5, 0.6) is 11.5 Å². The van der Waals surface area contributed by atoms with Gasteiger partial charge in [-0.25, -0.2) is 0 Å². The number of nitrogens with zero attached hydrogens (tertiary/aromatic N) is 1. The lowest BCUT2D eigenvalue weighted by Crippen LogP contribution is -2.48. The van der Waals surface area contributed by atoms with E-state index in [1.54, 1.807) is 14.2 Å². The maximum absolute atomic E-state index is 6.18. The minimum absolute atomic E-state index is 0.497. The van der Waals surface area contributed by atoms with Crippen molar-refractivity contribution < 1.29 is 9.47 Å². The smallest absolute Gasteiger partial charge is 0.143 e. The molecule has 0 amide bonds. The van der Waals surface area contributed by atoms with Gasteiger partial charge in [-0.05, 0) is 12.8 Å². The van der Waals surface area contributed by atoms with E-state index in [0.29, 0.717) is 22.9 Å². The van der Waals surface area contributed by atoms with Gasteiger partial charge in [-0.15, -0.1) is 0 Å². The standard InChI is InChI=1S/C16H25ClN2O2/c1-11(2)18-12-6-5-7-19(10-12)14-9-15(20-3)13(17)8-16(14)21-4/h8-9,11-12,18H,5-7,10H2,1-4H3. The molecule has 118 valence electrons. The minimum Gasteiger partial charge on any atom is -0.495 e. The number of rotatable bonds is 5. The number of benzene rings is 1. The zero-order chi connectivity index (χ0) is 15.4. The summed E-state index contributed by atoms with van der Waals surface area (Å²) in [4.78, 5) is 2.35. The Labute approximate surface area is 132 Å². The molecule has 1 saturated heterocycles. The molecule has 0 aromatic heterocycles. The fraction of sp³-hybridized carbons (Fsp3) is 0.625. The SMILES string of the molecule is COc1cc(N2CCCC(NC(C)C)C2)c(OC)cc1Cl. The first kappa shape index (κ1) is 16.2. The Bertz CT molecular complexity index is 480. The van der Waals surface area contributed by atoms with Crippen LogP contribution in [0.4, 0.5) is 5.69 Å². The van der Waals surface area contributed by atoms with Gasteiger partial charge in [0.25, 0.3) is 0 Å². The van der Waals surface area contributed by atoms with Crippen LogP contribution in [0.15, 0.2) is 12.1 Å². The lowest BCUT2D eigenvalue weighted by molar-refractivity contribution is 0.382. The highest BCUT2D eigenvalue weighted by atomic mass is 35.5. The van der Waals surface area contributed by atoms with E-state index >= 15 is 0 Å². The van der Waals surface area contributed by atoms with Gasteiger partial charge in [-0.1, -0.05) is 25.4 Å². The summed E-state index contributed by atoms with van der Waals surface area (Å²) in [5.74, 6) is 1.48. The zero-order valence-electron chi connectivity index (χ0n) is 13.3. The molecule has 1 unspecified atom stereocenters. The molecule has 1 aliphatic heterocycles. The molecule has 1 heterocycles. The molecule has 4 nitrogen and oxygen atoms in total. The molecule has 1 fully saturated rings. The van der Waals surface area contributed by atoms with E-state index < -0.39 is 0 Å². The first-order valence-corrected chi connectivity index (χ1v) is 7.85. The van der Waals surface area contributed by atoms with Crippen LogP contribution < -0.4 is 19.7 Å². The van der Waals surface area contributed by atoms with Crippen molar-refractivity contribution in [2.75, 3.05) is 32.2 Å². The first-order chi connectivity index (χ1) is 10.0. The number of piperidine rings is 1. The highest BCUT2D eigenvalue weighted by molar-refractivity contribution is 6.32. The molecule has 0 saturated carbocycles. The Kier molecular flexibility index (Phi) is 5.59. The predicted molar refractivity (Wildman–Crippen MR) is 88.1 cm³/mol. The number of ether oxygens (including phenoxy) is 2. The van der Waals surface area contributed by atoms with Crippen LogP contribution >= 0.6 is 11.6 Å². The lowest BCUT2D eigenvalue weighted by Gasteiger charge is -2.36. The molecule has 1 aliphatic rings.